The minimum atomic E-state index is 0.00273. The van der Waals surface area contributed by atoms with E-state index in [0.717, 1.165) is 25.7 Å². The largest absolute Gasteiger partial charge is 0.463 e. The number of hydrogen-bond donors (Lipinski definition) is 0. The van der Waals surface area contributed by atoms with Gasteiger partial charge in [-0.1, -0.05) is 39.5 Å². The van der Waals surface area contributed by atoms with Gasteiger partial charge < -0.3 is 4.74 Å². The number of ether oxygens (including phenoxy) is 1. The van der Waals surface area contributed by atoms with Crippen molar-refractivity contribution in [2.75, 3.05) is 0 Å². The Morgan fingerprint density at radius 2 is 1.73 bits per heavy atom. The zero-order valence-corrected chi connectivity index (χ0v) is 10.7. The molecule has 0 aromatic carbocycles. The van der Waals surface area contributed by atoms with Gasteiger partial charge in [-0.2, -0.15) is 0 Å². The zero-order valence-electron chi connectivity index (χ0n) is 10.7. The molecule has 0 saturated carbocycles. The number of unbranched alkanes of at least 4 members (excludes halogenated alkanes) is 2. The van der Waals surface area contributed by atoms with E-state index in [9.17, 15) is 4.79 Å². The van der Waals surface area contributed by atoms with Crippen LogP contribution in [-0.4, -0.2) is 12.1 Å². The summed E-state index contributed by atoms with van der Waals surface area (Å²) in [5, 5.41) is 0. The van der Waals surface area contributed by atoms with Crippen LogP contribution in [0.1, 0.15) is 66.2 Å². The molecule has 0 aromatic heterocycles. The first-order valence-corrected chi connectivity index (χ1v) is 6.32. The van der Waals surface area contributed by atoms with E-state index in [2.05, 4.69) is 13.8 Å². The van der Waals surface area contributed by atoms with Crippen molar-refractivity contribution in [1.82, 2.24) is 0 Å². The zero-order chi connectivity index (χ0) is 11.7. The summed E-state index contributed by atoms with van der Waals surface area (Å²) in [7, 11) is 0. The molecule has 2 nitrogen and oxygen atoms in total. The van der Waals surface area contributed by atoms with Gasteiger partial charge in [0.15, 0.2) is 0 Å². The van der Waals surface area contributed by atoms with Gasteiger partial charge >= 0.3 is 5.97 Å². The van der Waals surface area contributed by atoms with Gasteiger partial charge in [-0.15, -0.1) is 0 Å². The van der Waals surface area contributed by atoms with Crippen molar-refractivity contribution in [1.29, 1.82) is 0 Å². The normalized spacial score (nSPS) is 12.9. The molecule has 0 aliphatic rings. The summed E-state index contributed by atoms with van der Waals surface area (Å²) in [5.74, 6) is 0.131. The molecule has 0 radical (unpaired) electrons. The van der Waals surface area contributed by atoms with Crippen LogP contribution in [-0.2, 0) is 9.53 Å². The lowest BCUT2D eigenvalue weighted by atomic mass is 9.96. The maximum absolute atomic E-state index is 11.7. The second-order valence-corrected chi connectivity index (χ2v) is 4.47. The van der Waals surface area contributed by atoms with Crippen LogP contribution in [0.4, 0.5) is 0 Å². The molecule has 0 N–H and O–H groups in total. The van der Waals surface area contributed by atoms with Gasteiger partial charge in [0.1, 0.15) is 0 Å². The fourth-order valence-corrected chi connectivity index (χ4v) is 1.70. The minimum absolute atomic E-state index is 0.00273. The highest BCUT2D eigenvalue weighted by Gasteiger charge is 2.19. The fourth-order valence-electron chi connectivity index (χ4n) is 1.70. The standard InChI is InChI=1S/C13H26O2/c1-5-7-8-10-12(9-6-2)13(14)15-11(3)4/h11-12H,5-10H2,1-4H3. The van der Waals surface area contributed by atoms with Crippen molar-refractivity contribution in [3.63, 3.8) is 0 Å². The summed E-state index contributed by atoms with van der Waals surface area (Å²) >= 11 is 0. The second-order valence-electron chi connectivity index (χ2n) is 4.47. The summed E-state index contributed by atoms with van der Waals surface area (Å²) in [5.41, 5.74) is 0. The van der Waals surface area contributed by atoms with Crippen LogP contribution < -0.4 is 0 Å². The van der Waals surface area contributed by atoms with Crippen LogP contribution in [0.15, 0.2) is 0 Å². The van der Waals surface area contributed by atoms with Gasteiger partial charge in [-0.25, -0.2) is 0 Å². The summed E-state index contributed by atoms with van der Waals surface area (Å²) in [6.45, 7) is 8.12. The number of hydrogen-bond acceptors (Lipinski definition) is 2. The number of carbonyl (C=O) groups is 1. The molecule has 0 saturated heterocycles. The van der Waals surface area contributed by atoms with E-state index in [1.807, 2.05) is 13.8 Å². The average molecular weight is 214 g/mol. The van der Waals surface area contributed by atoms with Gasteiger partial charge in [-0.3, -0.25) is 4.79 Å². The third kappa shape index (κ3) is 7.40. The highest BCUT2D eigenvalue weighted by atomic mass is 16.5. The van der Waals surface area contributed by atoms with Crippen LogP contribution >= 0.6 is 0 Å². The van der Waals surface area contributed by atoms with E-state index >= 15 is 0 Å². The molecule has 15 heavy (non-hydrogen) atoms. The Morgan fingerprint density at radius 1 is 1.07 bits per heavy atom. The molecule has 1 atom stereocenters. The topological polar surface area (TPSA) is 26.3 Å². The SMILES string of the molecule is CCCCCC(CCC)C(=O)OC(C)C. The molecule has 2 heteroatoms. The van der Waals surface area contributed by atoms with Crippen LogP contribution in [0.2, 0.25) is 0 Å². The molecule has 0 amide bonds. The van der Waals surface area contributed by atoms with Crippen LogP contribution in [0.5, 0.6) is 0 Å². The predicted octanol–water partition coefficient (Wildman–Crippen LogP) is 3.93. The predicted molar refractivity (Wildman–Crippen MR) is 63.8 cm³/mol. The van der Waals surface area contributed by atoms with Crippen molar-refractivity contribution in [2.24, 2.45) is 5.92 Å². The lowest BCUT2D eigenvalue weighted by molar-refractivity contribution is -0.153. The summed E-state index contributed by atoms with van der Waals surface area (Å²) in [4.78, 5) is 11.7. The molecule has 0 aliphatic heterocycles. The van der Waals surface area contributed by atoms with E-state index in [4.69, 9.17) is 4.74 Å². The van der Waals surface area contributed by atoms with E-state index < -0.39 is 0 Å². The second kappa shape index (κ2) is 8.75. The monoisotopic (exact) mass is 214 g/mol. The van der Waals surface area contributed by atoms with Crippen molar-refractivity contribution in [3.8, 4) is 0 Å². The van der Waals surface area contributed by atoms with Crippen molar-refractivity contribution < 1.29 is 9.53 Å². The Morgan fingerprint density at radius 3 is 2.20 bits per heavy atom. The first-order chi connectivity index (χ1) is 7.11. The smallest absolute Gasteiger partial charge is 0.309 e. The Bertz CT molecular complexity index is 164. The van der Waals surface area contributed by atoms with E-state index in [1.54, 1.807) is 0 Å². The number of esters is 1. The first kappa shape index (κ1) is 14.5. The number of rotatable bonds is 8. The van der Waals surface area contributed by atoms with Crippen LogP contribution in [0, 0.1) is 5.92 Å². The molecule has 0 heterocycles. The maximum Gasteiger partial charge on any atom is 0.309 e. The molecule has 0 aliphatic carbocycles. The lowest BCUT2D eigenvalue weighted by Gasteiger charge is -2.16. The molecule has 1 unspecified atom stereocenters. The molecule has 0 bridgehead atoms. The summed E-state index contributed by atoms with van der Waals surface area (Å²) < 4.78 is 5.26. The molecule has 0 rings (SSSR count). The molecular formula is C13H26O2. The van der Waals surface area contributed by atoms with Crippen molar-refractivity contribution >= 4 is 5.97 Å². The van der Waals surface area contributed by atoms with Crippen LogP contribution in [0.3, 0.4) is 0 Å². The van der Waals surface area contributed by atoms with Gasteiger partial charge in [0.25, 0.3) is 0 Å². The molecule has 0 aromatic rings. The Kier molecular flexibility index (Phi) is 8.44. The maximum atomic E-state index is 11.7. The lowest BCUT2D eigenvalue weighted by Crippen LogP contribution is -2.21. The molecular weight excluding hydrogens is 188 g/mol. The van der Waals surface area contributed by atoms with E-state index in [0.29, 0.717) is 0 Å². The highest BCUT2D eigenvalue weighted by Crippen LogP contribution is 2.18. The van der Waals surface area contributed by atoms with Gasteiger partial charge in [0.2, 0.25) is 0 Å². The Hall–Kier alpha value is -0.530. The van der Waals surface area contributed by atoms with Crippen LogP contribution in [0.25, 0.3) is 0 Å². The Balaban J connectivity index is 3.94. The third-order valence-corrected chi connectivity index (χ3v) is 2.48. The molecule has 90 valence electrons. The van der Waals surface area contributed by atoms with Crippen molar-refractivity contribution in [3.05, 3.63) is 0 Å². The fraction of sp³-hybridized carbons (Fsp3) is 0.923. The highest BCUT2D eigenvalue weighted by molar-refractivity contribution is 5.72. The number of carbonyl (C=O) groups excluding carboxylic acids is 1. The third-order valence-electron chi connectivity index (χ3n) is 2.48. The van der Waals surface area contributed by atoms with Gasteiger partial charge in [-0.05, 0) is 26.7 Å². The average Bonchev–Trinajstić information content (AvgIpc) is 2.15. The molecule has 0 spiro atoms. The van der Waals surface area contributed by atoms with Crippen molar-refractivity contribution in [2.45, 2.75) is 72.3 Å². The van der Waals surface area contributed by atoms with E-state index in [-0.39, 0.29) is 18.0 Å². The van der Waals surface area contributed by atoms with Gasteiger partial charge in [0, 0.05) is 0 Å². The quantitative estimate of drug-likeness (QED) is 0.452. The minimum Gasteiger partial charge on any atom is -0.463 e. The summed E-state index contributed by atoms with van der Waals surface area (Å²) in [6.07, 6.45) is 6.61. The summed E-state index contributed by atoms with van der Waals surface area (Å²) in [6, 6.07) is 0. The first-order valence-electron chi connectivity index (χ1n) is 6.32. The Labute approximate surface area is 94.4 Å². The molecule has 0 fully saturated rings. The van der Waals surface area contributed by atoms with Gasteiger partial charge in [0.05, 0.1) is 12.0 Å². The van der Waals surface area contributed by atoms with E-state index in [1.165, 1.54) is 12.8 Å².